The largest absolute Gasteiger partial charge is 0.379 e. The summed E-state index contributed by atoms with van der Waals surface area (Å²) in [4.78, 5) is 12.2. The van der Waals surface area contributed by atoms with Gasteiger partial charge in [0.2, 0.25) is 0 Å². The summed E-state index contributed by atoms with van der Waals surface area (Å²) in [5, 5.41) is 7.37. The van der Waals surface area contributed by atoms with Crippen LogP contribution in [-0.4, -0.2) is 41.4 Å². The highest BCUT2D eigenvalue weighted by Crippen LogP contribution is 2.17. The van der Waals surface area contributed by atoms with E-state index in [1.54, 1.807) is 10.9 Å². The summed E-state index contributed by atoms with van der Waals surface area (Å²) < 4.78 is 7.10. The molecular weight excluding hydrogens is 218 g/mol. The predicted octanol–water partition coefficient (Wildman–Crippen LogP) is 0.156. The van der Waals surface area contributed by atoms with Gasteiger partial charge in [0.1, 0.15) is 5.78 Å². The second kappa shape index (κ2) is 5.42. The molecule has 0 bridgehead atoms. The van der Waals surface area contributed by atoms with Crippen molar-refractivity contribution < 1.29 is 9.53 Å². The molecule has 2 rings (SSSR count). The molecule has 1 N–H and O–H groups in total. The number of hydrogen-bond donors (Lipinski definition) is 1. The zero-order valence-electron chi connectivity index (χ0n) is 10.3. The zero-order valence-corrected chi connectivity index (χ0v) is 10.3. The van der Waals surface area contributed by atoms with Crippen LogP contribution in [0.2, 0.25) is 0 Å². The van der Waals surface area contributed by atoms with Crippen molar-refractivity contribution in [3.8, 4) is 0 Å². The number of aryl methyl sites for hydroxylation is 1. The SMILES string of the molecule is CCNC1COCC1C(=O)Cc1cnn(C)c1. The molecule has 0 saturated carbocycles. The molecule has 17 heavy (non-hydrogen) atoms. The molecule has 1 aromatic rings. The number of rotatable bonds is 5. The Bertz CT molecular complexity index is 389. The monoisotopic (exact) mass is 237 g/mol. The molecule has 5 nitrogen and oxygen atoms in total. The summed E-state index contributed by atoms with van der Waals surface area (Å²) in [5.41, 5.74) is 0.972. The maximum Gasteiger partial charge on any atom is 0.144 e. The van der Waals surface area contributed by atoms with Crippen molar-refractivity contribution in [1.82, 2.24) is 15.1 Å². The second-order valence-electron chi connectivity index (χ2n) is 4.47. The molecule has 1 saturated heterocycles. The summed E-state index contributed by atoms with van der Waals surface area (Å²) in [7, 11) is 1.86. The molecule has 0 radical (unpaired) electrons. The smallest absolute Gasteiger partial charge is 0.144 e. The molecule has 0 spiro atoms. The predicted molar refractivity (Wildman–Crippen MR) is 63.7 cm³/mol. The lowest BCUT2D eigenvalue weighted by molar-refractivity contribution is -0.122. The summed E-state index contributed by atoms with van der Waals surface area (Å²) in [6, 6.07) is 0.171. The quantitative estimate of drug-likeness (QED) is 0.792. The molecule has 1 aromatic heterocycles. The molecule has 0 amide bonds. The third-order valence-corrected chi connectivity index (χ3v) is 3.10. The van der Waals surface area contributed by atoms with E-state index >= 15 is 0 Å². The van der Waals surface area contributed by atoms with Crippen molar-refractivity contribution in [3.05, 3.63) is 18.0 Å². The maximum absolute atomic E-state index is 12.2. The van der Waals surface area contributed by atoms with E-state index in [2.05, 4.69) is 10.4 Å². The first kappa shape index (κ1) is 12.3. The number of Topliss-reactive ketones (excluding diaryl/α,β-unsaturated/α-hetero) is 1. The number of aromatic nitrogens is 2. The number of likely N-dealkylation sites (N-methyl/N-ethyl adjacent to an activating group) is 1. The molecule has 2 unspecified atom stereocenters. The van der Waals surface area contributed by atoms with Crippen molar-refractivity contribution >= 4 is 5.78 Å². The minimum Gasteiger partial charge on any atom is -0.379 e. The van der Waals surface area contributed by atoms with Crippen LogP contribution in [0.1, 0.15) is 12.5 Å². The van der Waals surface area contributed by atoms with Crippen molar-refractivity contribution in [1.29, 1.82) is 0 Å². The number of ketones is 1. The number of carbonyl (C=O) groups excluding carboxylic acids is 1. The van der Waals surface area contributed by atoms with Crippen LogP contribution in [0.15, 0.2) is 12.4 Å². The van der Waals surface area contributed by atoms with E-state index in [4.69, 9.17) is 4.74 Å². The maximum atomic E-state index is 12.2. The van der Waals surface area contributed by atoms with E-state index in [9.17, 15) is 4.79 Å². The van der Waals surface area contributed by atoms with E-state index in [-0.39, 0.29) is 17.7 Å². The van der Waals surface area contributed by atoms with Crippen molar-refractivity contribution in [2.45, 2.75) is 19.4 Å². The molecule has 2 heterocycles. The van der Waals surface area contributed by atoms with Crippen LogP contribution in [-0.2, 0) is 23.0 Å². The minimum atomic E-state index is -0.0184. The molecule has 94 valence electrons. The number of nitrogens with one attached hydrogen (secondary N) is 1. The van der Waals surface area contributed by atoms with E-state index in [1.165, 1.54) is 0 Å². The van der Waals surface area contributed by atoms with E-state index in [0.29, 0.717) is 19.6 Å². The van der Waals surface area contributed by atoms with Gasteiger partial charge in [0.25, 0.3) is 0 Å². The lowest BCUT2D eigenvalue weighted by Crippen LogP contribution is -2.39. The number of hydrogen-bond acceptors (Lipinski definition) is 4. The van der Waals surface area contributed by atoms with Gasteiger partial charge in [-0.25, -0.2) is 0 Å². The minimum absolute atomic E-state index is 0.0184. The Morgan fingerprint density at radius 1 is 1.65 bits per heavy atom. The first-order valence-electron chi connectivity index (χ1n) is 6.02. The topological polar surface area (TPSA) is 56.1 Å². The number of nitrogens with zero attached hydrogens (tertiary/aromatic N) is 2. The highest BCUT2D eigenvalue weighted by atomic mass is 16.5. The molecule has 0 aliphatic carbocycles. The molecule has 5 heteroatoms. The Labute approximate surface area is 101 Å². The van der Waals surface area contributed by atoms with Crippen LogP contribution in [0.3, 0.4) is 0 Å². The van der Waals surface area contributed by atoms with Crippen LogP contribution in [0, 0.1) is 5.92 Å². The fourth-order valence-electron chi connectivity index (χ4n) is 2.23. The zero-order chi connectivity index (χ0) is 12.3. The Morgan fingerprint density at radius 3 is 3.12 bits per heavy atom. The first-order valence-corrected chi connectivity index (χ1v) is 6.02. The fourth-order valence-corrected chi connectivity index (χ4v) is 2.23. The van der Waals surface area contributed by atoms with Gasteiger partial charge >= 0.3 is 0 Å². The molecule has 1 aliphatic heterocycles. The second-order valence-corrected chi connectivity index (χ2v) is 4.47. The van der Waals surface area contributed by atoms with Gasteiger partial charge in [0.15, 0.2) is 0 Å². The number of ether oxygens (including phenoxy) is 1. The lowest BCUT2D eigenvalue weighted by atomic mass is 9.94. The Kier molecular flexibility index (Phi) is 3.91. The van der Waals surface area contributed by atoms with Gasteiger partial charge in [0, 0.05) is 25.7 Å². The molecule has 1 fully saturated rings. The summed E-state index contributed by atoms with van der Waals surface area (Å²) in [6.45, 7) is 4.08. The van der Waals surface area contributed by atoms with Crippen molar-refractivity contribution in [2.24, 2.45) is 13.0 Å². The number of carbonyl (C=O) groups is 1. The summed E-state index contributed by atoms with van der Waals surface area (Å²) in [5.74, 6) is 0.219. The normalized spacial score (nSPS) is 24.1. The first-order chi connectivity index (χ1) is 8.20. The van der Waals surface area contributed by atoms with Crippen LogP contribution in [0.4, 0.5) is 0 Å². The lowest BCUT2D eigenvalue weighted by Gasteiger charge is -2.16. The summed E-state index contributed by atoms with van der Waals surface area (Å²) in [6.07, 6.45) is 4.08. The van der Waals surface area contributed by atoms with Crippen LogP contribution in [0.25, 0.3) is 0 Å². The van der Waals surface area contributed by atoms with Crippen LogP contribution >= 0.6 is 0 Å². The highest BCUT2D eigenvalue weighted by Gasteiger charge is 2.33. The van der Waals surface area contributed by atoms with Crippen LogP contribution in [0.5, 0.6) is 0 Å². The van der Waals surface area contributed by atoms with Gasteiger partial charge in [-0.2, -0.15) is 5.10 Å². The average molecular weight is 237 g/mol. The Morgan fingerprint density at radius 2 is 2.47 bits per heavy atom. The van der Waals surface area contributed by atoms with Gasteiger partial charge in [-0.3, -0.25) is 9.48 Å². The van der Waals surface area contributed by atoms with Gasteiger partial charge in [-0.15, -0.1) is 0 Å². The average Bonchev–Trinajstić information content (AvgIpc) is 2.88. The fraction of sp³-hybridized carbons (Fsp3) is 0.667. The molecular formula is C12H19N3O2. The van der Waals surface area contributed by atoms with Crippen LogP contribution < -0.4 is 5.32 Å². The highest BCUT2D eigenvalue weighted by molar-refractivity contribution is 5.84. The van der Waals surface area contributed by atoms with E-state index in [0.717, 1.165) is 12.1 Å². The Hall–Kier alpha value is -1.20. The third-order valence-electron chi connectivity index (χ3n) is 3.10. The Balaban J connectivity index is 1.95. The van der Waals surface area contributed by atoms with Gasteiger partial charge in [-0.1, -0.05) is 6.92 Å². The van der Waals surface area contributed by atoms with E-state index < -0.39 is 0 Å². The van der Waals surface area contributed by atoms with Gasteiger partial charge in [0.05, 0.1) is 25.3 Å². The summed E-state index contributed by atoms with van der Waals surface area (Å²) >= 11 is 0. The standard InChI is InChI=1S/C12H19N3O2/c1-3-13-11-8-17-7-10(11)12(16)4-9-5-14-15(2)6-9/h5-6,10-11,13H,3-4,7-8H2,1-2H3. The van der Waals surface area contributed by atoms with Crippen molar-refractivity contribution in [3.63, 3.8) is 0 Å². The van der Waals surface area contributed by atoms with Crippen molar-refractivity contribution in [2.75, 3.05) is 19.8 Å². The molecule has 2 atom stereocenters. The molecule has 1 aliphatic rings. The van der Waals surface area contributed by atoms with Gasteiger partial charge in [-0.05, 0) is 12.1 Å². The van der Waals surface area contributed by atoms with E-state index in [1.807, 2.05) is 20.2 Å². The van der Waals surface area contributed by atoms with Gasteiger partial charge < -0.3 is 10.1 Å². The third kappa shape index (κ3) is 2.92. The molecule has 0 aromatic carbocycles.